The first-order chi connectivity index (χ1) is 9.94. The molecule has 2 fully saturated rings. The lowest BCUT2D eigenvalue weighted by molar-refractivity contribution is -0.154. The van der Waals surface area contributed by atoms with Gasteiger partial charge in [0.15, 0.2) is 0 Å². The predicted molar refractivity (Wildman–Crippen MR) is 79.4 cm³/mol. The number of hydrogen-bond donors (Lipinski definition) is 1. The van der Waals surface area contributed by atoms with Crippen LogP contribution in [0.1, 0.15) is 65.7 Å². The Balaban J connectivity index is 2.33. The van der Waals surface area contributed by atoms with Crippen molar-refractivity contribution in [1.29, 1.82) is 0 Å². The van der Waals surface area contributed by atoms with Gasteiger partial charge >= 0.3 is 6.03 Å². The van der Waals surface area contributed by atoms with Crippen LogP contribution < -0.4 is 5.32 Å². The van der Waals surface area contributed by atoms with Gasteiger partial charge in [-0.2, -0.15) is 0 Å². The van der Waals surface area contributed by atoms with Gasteiger partial charge in [-0.05, 0) is 25.7 Å². The fourth-order valence-electron chi connectivity index (χ4n) is 3.44. The van der Waals surface area contributed by atoms with E-state index < -0.39 is 11.4 Å². The summed E-state index contributed by atoms with van der Waals surface area (Å²) in [5, 5.41) is 2.44. The van der Waals surface area contributed by atoms with E-state index in [-0.39, 0.29) is 23.8 Å². The van der Waals surface area contributed by atoms with E-state index in [1.807, 2.05) is 20.8 Å². The lowest BCUT2D eigenvalue weighted by Gasteiger charge is -2.42. The third-order valence-electron chi connectivity index (χ3n) is 5.33. The highest BCUT2D eigenvalue weighted by Gasteiger charge is 2.54. The summed E-state index contributed by atoms with van der Waals surface area (Å²) in [6, 6.07) is -0.733. The molecular weight excluding hydrogens is 268 g/mol. The molecule has 1 aliphatic carbocycles. The van der Waals surface area contributed by atoms with Crippen molar-refractivity contribution in [3.8, 4) is 0 Å². The smallest absolute Gasteiger partial charge is 0.277 e. The zero-order valence-corrected chi connectivity index (χ0v) is 13.3. The Labute approximate surface area is 126 Å². The van der Waals surface area contributed by atoms with Crippen molar-refractivity contribution >= 4 is 17.8 Å². The molecule has 21 heavy (non-hydrogen) atoms. The third kappa shape index (κ3) is 2.70. The van der Waals surface area contributed by atoms with Gasteiger partial charge in [0.2, 0.25) is 11.8 Å². The summed E-state index contributed by atoms with van der Waals surface area (Å²) in [5.74, 6) is -0.436. The molecule has 1 aliphatic heterocycles. The minimum Gasteiger partial charge on any atom is -0.277 e. The van der Waals surface area contributed by atoms with Crippen LogP contribution in [0.25, 0.3) is 0 Å². The molecule has 1 heterocycles. The average molecular weight is 294 g/mol. The van der Waals surface area contributed by atoms with Gasteiger partial charge in [0.25, 0.3) is 0 Å². The Morgan fingerprint density at radius 1 is 1.10 bits per heavy atom. The normalized spacial score (nSPS) is 25.5. The Morgan fingerprint density at radius 3 is 2.19 bits per heavy atom. The molecule has 118 valence electrons. The zero-order valence-electron chi connectivity index (χ0n) is 13.3. The number of urea groups is 1. The van der Waals surface area contributed by atoms with Gasteiger partial charge in [-0.15, -0.1) is 0 Å². The fraction of sp³-hybridized carbons (Fsp3) is 0.812. The summed E-state index contributed by atoms with van der Waals surface area (Å²) in [5.41, 5.74) is -1.01. The molecule has 0 aromatic heterocycles. The maximum Gasteiger partial charge on any atom is 0.331 e. The third-order valence-corrected chi connectivity index (χ3v) is 5.33. The van der Waals surface area contributed by atoms with Crippen molar-refractivity contribution in [2.75, 3.05) is 0 Å². The topological polar surface area (TPSA) is 66.5 Å². The van der Waals surface area contributed by atoms with Crippen LogP contribution in [-0.4, -0.2) is 28.8 Å². The molecule has 2 unspecified atom stereocenters. The molecule has 0 aromatic rings. The molecule has 2 aliphatic rings. The number of amides is 4. The highest BCUT2D eigenvalue weighted by molar-refractivity contribution is 6.19. The summed E-state index contributed by atoms with van der Waals surface area (Å²) < 4.78 is 0. The Morgan fingerprint density at radius 2 is 1.67 bits per heavy atom. The number of hydrogen-bond acceptors (Lipinski definition) is 3. The van der Waals surface area contributed by atoms with Crippen molar-refractivity contribution in [3.63, 3.8) is 0 Å². The van der Waals surface area contributed by atoms with Crippen LogP contribution in [0.2, 0.25) is 0 Å². The molecule has 2 atom stereocenters. The number of imide groups is 2. The van der Waals surface area contributed by atoms with Crippen LogP contribution in [0.3, 0.4) is 0 Å². The van der Waals surface area contributed by atoms with E-state index in [0.29, 0.717) is 12.8 Å². The second-order valence-corrected chi connectivity index (χ2v) is 6.56. The predicted octanol–water partition coefficient (Wildman–Crippen LogP) is 2.84. The van der Waals surface area contributed by atoms with Gasteiger partial charge in [0.1, 0.15) is 5.41 Å². The minimum absolute atomic E-state index is 0.185. The van der Waals surface area contributed by atoms with Crippen LogP contribution in [-0.2, 0) is 9.59 Å². The van der Waals surface area contributed by atoms with E-state index in [9.17, 15) is 14.4 Å². The van der Waals surface area contributed by atoms with Gasteiger partial charge < -0.3 is 0 Å². The zero-order chi connectivity index (χ0) is 15.6. The first-order valence-corrected chi connectivity index (χ1v) is 8.13. The van der Waals surface area contributed by atoms with E-state index in [2.05, 4.69) is 5.32 Å². The first-order valence-electron chi connectivity index (χ1n) is 8.13. The van der Waals surface area contributed by atoms with E-state index in [0.717, 1.165) is 32.1 Å². The molecule has 4 amide bonds. The highest BCUT2D eigenvalue weighted by Crippen LogP contribution is 2.40. The molecule has 5 heteroatoms. The first kappa shape index (κ1) is 16.0. The van der Waals surface area contributed by atoms with E-state index in [4.69, 9.17) is 0 Å². The highest BCUT2D eigenvalue weighted by atomic mass is 16.2. The molecule has 1 saturated carbocycles. The van der Waals surface area contributed by atoms with Gasteiger partial charge in [0.05, 0.1) is 0 Å². The molecule has 0 radical (unpaired) electrons. The summed E-state index contributed by atoms with van der Waals surface area (Å²) in [6.07, 6.45) is 5.87. The SMILES string of the molecule is CCC(C)C(C)N1C(=O)NC(=O)C2(CCCCCC2)C1=O. The summed E-state index contributed by atoms with van der Waals surface area (Å²) >= 11 is 0. The molecular formula is C16H26N2O3. The second kappa shape index (κ2) is 6.16. The van der Waals surface area contributed by atoms with Gasteiger partial charge in [0, 0.05) is 6.04 Å². The van der Waals surface area contributed by atoms with Crippen LogP contribution in [0.5, 0.6) is 0 Å². The molecule has 1 N–H and O–H groups in total. The number of rotatable bonds is 3. The Bertz CT molecular complexity index is 439. The van der Waals surface area contributed by atoms with Crippen LogP contribution in [0.15, 0.2) is 0 Å². The monoisotopic (exact) mass is 294 g/mol. The van der Waals surface area contributed by atoms with E-state index in [1.165, 1.54) is 4.90 Å². The van der Waals surface area contributed by atoms with Gasteiger partial charge in [-0.1, -0.05) is 46.0 Å². The van der Waals surface area contributed by atoms with E-state index in [1.54, 1.807) is 0 Å². The Hall–Kier alpha value is -1.39. The molecule has 0 bridgehead atoms. The molecule has 1 saturated heterocycles. The van der Waals surface area contributed by atoms with Crippen molar-refractivity contribution in [2.45, 2.75) is 71.8 Å². The number of nitrogens with one attached hydrogen (secondary N) is 1. The fourth-order valence-corrected chi connectivity index (χ4v) is 3.44. The minimum atomic E-state index is -1.01. The maximum absolute atomic E-state index is 13.0. The lowest BCUT2D eigenvalue weighted by Crippen LogP contribution is -2.66. The molecule has 1 spiro atoms. The number of nitrogens with zero attached hydrogens (tertiary/aromatic N) is 1. The summed E-state index contributed by atoms with van der Waals surface area (Å²) in [4.78, 5) is 38.8. The van der Waals surface area contributed by atoms with Crippen molar-refractivity contribution in [3.05, 3.63) is 0 Å². The van der Waals surface area contributed by atoms with E-state index >= 15 is 0 Å². The standard InChI is InChI=1S/C16H26N2O3/c1-4-11(2)12(3)18-14(20)16(13(19)17-15(18)21)9-7-5-6-8-10-16/h11-12H,4-10H2,1-3H3,(H,17,19,21). The van der Waals surface area contributed by atoms with Crippen LogP contribution in [0, 0.1) is 11.3 Å². The van der Waals surface area contributed by atoms with Gasteiger partial charge in [-0.3, -0.25) is 19.8 Å². The quantitative estimate of drug-likeness (QED) is 0.814. The number of barbiturate groups is 1. The maximum atomic E-state index is 13.0. The van der Waals surface area contributed by atoms with Crippen molar-refractivity contribution in [1.82, 2.24) is 10.2 Å². The molecule has 0 aromatic carbocycles. The van der Waals surface area contributed by atoms with Gasteiger partial charge in [-0.25, -0.2) is 4.79 Å². The molecule has 2 rings (SSSR count). The average Bonchev–Trinajstić information content (AvgIpc) is 2.71. The van der Waals surface area contributed by atoms with Crippen LogP contribution in [0.4, 0.5) is 4.79 Å². The Kier molecular flexibility index (Phi) is 4.69. The number of carbonyl (C=O) groups excluding carboxylic acids is 3. The van der Waals surface area contributed by atoms with Crippen LogP contribution >= 0.6 is 0 Å². The summed E-state index contributed by atoms with van der Waals surface area (Å²) in [6.45, 7) is 5.97. The molecule has 5 nitrogen and oxygen atoms in total. The summed E-state index contributed by atoms with van der Waals surface area (Å²) in [7, 11) is 0. The lowest BCUT2D eigenvalue weighted by atomic mass is 9.76. The number of carbonyl (C=O) groups is 3. The largest absolute Gasteiger partial charge is 0.331 e. The van der Waals surface area contributed by atoms with Crippen molar-refractivity contribution < 1.29 is 14.4 Å². The van der Waals surface area contributed by atoms with Crippen molar-refractivity contribution in [2.24, 2.45) is 11.3 Å². The second-order valence-electron chi connectivity index (χ2n) is 6.56.